The molecule has 1 aromatic heterocycles. The Morgan fingerprint density at radius 1 is 1.64 bits per heavy atom. The predicted molar refractivity (Wildman–Crippen MR) is 41.2 cm³/mol. The zero-order chi connectivity index (χ0) is 8.27. The highest BCUT2D eigenvalue weighted by Crippen LogP contribution is 2.14. The van der Waals surface area contributed by atoms with E-state index in [1.54, 1.807) is 19.1 Å². The molecule has 6 heteroatoms. The fourth-order valence-corrected chi connectivity index (χ4v) is 0.509. The Hall–Kier alpha value is -1.59. The summed E-state index contributed by atoms with van der Waals surface area (Å²) in [5.74, 6) is 0.842. The van der Waals surface area contributed by atoms with Crippen LogP contribution in [-0.2, 0) is 0 Å². The van der Waals surface area contributed by atoms with Crippen LogP contribution in [0.1, 0.15) is 0 Å². The zero-order valence-corrected chi connectivity index (χ0v) is 6.44. The Balaban J connectivity index is 2.71. The first-order valence-corrected chi connectivity index (χ1v) is 3.08. The van der Waals surface area contributed by atoms with Gasteiger partial charge in [-0.3, -0.25) is 5.01 Å². The summed E-state index contributed by atoms with van der Waals surface area (Å²) in [7, 11) is 3.54. The van der Waals surface area contributed by atoms with E-state index in [0.29, 0.717) is 11.6 Å². The summed E-state index contributed by atoms with van der Waals surface area (Å²) < 4.78 is 0. The van der Waals surface area contributed by atoms with Crippen LogP contribution in [0.2, 0.25) is 0 Å². The van der Waals surface area contributed by atoms with Gasteiger partial charge in [-0.25, -0.2) is 4.98 Å². The monoisotopic (exact) mass is 154 g/mol. The molecule has 6 nitrogen and oxygen atoms in total. The van der Waals surface area contributed by atoms with E-state index in [1.165, 1.54) is 6.33 Å². The molecule has 0 aliphatic rings. The number of hydrogen-bond donors (Lipinski definition) is 2. The molecule has 0 aliphatic heterocycles. The van der Waals surface area contributed by atoms with Gasteiger partial charge in [0.15, 0.2) is 0 Å². The fraction of sp³-hybridized carbons (Fsp3) is 0.400. The lowest BCUT2D eigenvalue weighted by atomic mass is 10.7. The molecule has 0 saturated heterocycles. The topological polar surface area (TPSA) is 82.7 Å². The molecule has 0 bridgehead atoms. The van der Waals surface area contributed by atoms with Gasteiger partial charge in [0, 0.05) is 14.1 Å². The van der Waals surface area contributed by atoms with Gasteiger partial charge in [0.1, 0.15) is 5.82 Å². The largest absolute Gasteiger partial charge is 0.382 e. The number of nitrogens with two attached hydrogens (primary N) is 1. The number of aromatic amines is 1. The third-order valence-corrected chi connectivity index (χ3v) is 0.966. The molecule has 0 radical (unpaired) electrons. The van der Waals surface area contributed by atoms with Crippen molar-refractivity contribution in [1.29, 1.82) is 0 Å². The smallest absolute Gasteiger partial charge is 0.218 e. The van der Waals surface area contributed by atoms with Crippen LogP contribution >= 0.6 is 0 Å². The lowest BCUT2D eigenvalue weighted by Gasteiger charge is -1.98. The Morgan fingerprint density at radius 3 is 2.82 bits per heavy atom. The maximum absolute atomic E-state index is 5.44. The molecule has 1 heterocycles. The Bertz CT molecular complexity index is 249. The van der Waals surface area contributed by atoms with Crippen LogP contribution in [0.4, 0.5) is 11.6 Å². The third-order valence-electron chi connectivity index (χ3n) is 0.966. The summed E-state index contributed by atoms with van der Waals surface area (Å²) in [6.07, 6.45) is 1.47. The number of nitrogens with zero attached hydrogens (tertiary/aromatic N) is 4. The Kier molecular flexibility index (Phi) is 2.05. The maximum atomic E-state index is 5.44. The van der Waals surface area contributed by atoms with Gasteiger partial charge in [-0.1, -0.05) is 5.22 Å². The number of anilines is 1. The number of aromatic nitrogens is 2. The van der Waals surface area contributed by atoms with Crippen molar-refractivity contribution in [2.75, 3.05) is 19.8 Å². The SMILES string of the molecule is CN(C)N=Nc1nc[nH]c1N. The highest BCUT2D eigenvalue weighted by atomic mass is 15.5. The standard InChI is InChI=1S/C5H10N6/c1-11(2)10-9-5-4(6)7-3-8-5/h3H,6H2,1-2H3,(H,7,8). The van der Waals surface area contributed by atoms with Crippen LogP contribution in [-0.4, -0.2) is 29.1 Å². The minimum absolute atomic E-state index is 0.415. The predicted octanol–water partition coefficient (Wildman–Crippen LogP) is 0.552. The van der Waals surface area contributed by atoms with Crippen molar-refractivity contribution in [3.8, 4) is 0 Å². The number of imidazole rings is 1. The second-order valence-electron chi connectivity index (χ2n) is 2.18. The first-order valence-electron chi connectivity index (χ1n) is 3.08. The van der Waals surface area contributed by atoms with Gasteiger partial charge in [0.25, 0.3) is 0 Å². The van der Waals surface area contributed by atoms with E-state index in [4.69, 9.17) is 5.73 Å². The van der Waals surface area contributed by atoms with E-state index < -0.39 is 0 Å². The van der Waals surface area contributed by atoms with Crippen molar-refractivity contribution >= 4 is 11.6 Å². The molecule has 0 spiro atoms. The van der Waals surface area contributed by atoms with Gasteiger partial charge in [-0.15, -0.1) is 5.11 Å². The van der Waals surface area contributed by atoms with Crippen LogP contribution in [0.3, 0.4) is 0 Å². The lowest BCUT2D eigenvalue weighted by Crippen LogP contribution is -1.99. The highest BCUT2D eigenvalue weighted by molar-refractivity contribution is 5.50. The van der Waals surface area contributed by atoms with E-state index >= 15 is 0 Å². The van der Waals surface area contributed by atoms with Crippen LogP contribution in [0.5, 0.6) is 0 Å². The second-order valence-corrected chi connectivity index (χ2v) is 2.18. The average molecular weight is 154 g/mol. The minimum atomic E-state index is 0.415. The van der Waals surface area contributed by atoms with E-state index in [9.17, 15) is 0 Å². The Morgan fingerprint density at radius 2 is 2.36 bits per heavy atom. The first kappa shape index (κ1) is 7.52. The number of H-pyrrole nitrogens is 1. The number of hydrogen-bond acceptors (Lipinski definition) is 4. The van der Waals surface area contributed by atoms with Crippen LogP contribution < -0.4 is 5.73 Å². The van der Waals surface area contributed by atoms with Crippen molar-refractivity contribution in [1.82, 2.24) is 15.0 Å². The number of nitrogens with one attached hydrogen (secondary N) is 1. The summed E-state index contributed by atoms with van der Waals surface area (Å²) in [4.78, 5) is 6.51. The van der Waals surface area contributed by atoms with Crippen molar-refractivity contribution in [3.05, 3.63) is 6.33 Å². The van der Waals surface area contributed by atoms with E-state index in [1.807, 2.05) is 0 Å². The molecule has 0 amide bonds. The molecule has 0 fully saturated rings. The Labute approximate surface area is 64.1 Å². The van der Waals surface area contributed by atoms with Gasteiger partial charge in [-0.2, -0.15) is 0 Å². The number of rotatable bonds is 2. The van der Waals surface area contributed by atoms with Gasteiger partial charge >= 0.3 is 0 Å². The molecular formula is C5H10N6. The summed E-state index contributed by atoms with van der Waals surface area (Å²) in [5.41, 5.74) is 5.44. The molecule has 1 rings (SSSR count). The molecule has 0 atom stereocenters. The molecule has 11 heavy (non-hydrogen) atoms. The lowest BCUT2D eigenvalue weighted by molar-refractivity contribution is 0.408. The molecule has 60 valence electrons. The summed E-state index contributed by atoms with van der Waals surface area (Å²) >= 11 is 0. The van der Waals surface area contributed by atoms with Crippen molar-refractivity contribution in [3.63, 3.8) is 0 Å². The summed E-state index contributed by atoms with van der Waals surface area (Å²) in [6, 6.07) is 0. The quantitative estimate of drug-likeness (QED) is 0.482. The number of nitrogen functional groups attached to an aromatic ring is 1. The van der Waals surface area contributed by atoms with Crippen molar-refractivity contribution in [2.24, 2.45) is 10.3 Å². The van der Waals surface area contributed by atoms with Crippen LogP contribution in [0.15, 0.2) is 16.7 Å². The minimum Gasteiger partial charge on any atom is -0.382 e. The first-order chi connectivity index (χ1) is 5.20. The van der Waals surface area contributed by atoms with E-state index in [2.05, 4.69) is 20.3 Å². The molecule has 0 saturated carbocycles. The zero-order valence-electron chi connectivity index (χ0n) is 6.44. The molecule has 0 aliphatic carbocycles. The third kappa shape index (κ3) is 1.92. The van der Waals surface area contributed by atoms with Crippen LogP contribution in [0.25, 0.3) is 0 Å². The normalized spacial score (nSPS) is 10.7. The molecular weight excluding hydrogens is 144 g/mol. The van der Waals surface area contributed by atoms with E-state index in [0.717, 1.165) is 0 Å². The average Bonchev–Trinajstić information content (AvgIpc) is 2.31. The van der Waals surface area contributed by atoms with Gasteiger partial charge in [-0.05, 0) is 0 Å². The highest BCUT2D eigenvalue weighted by Gasteiger charge is 1.97. The molecule has 1 aromatic rings. The van der Waals surface area contributed by atoms with Gasteiger partial charge in [0.2, 0.25) is 5.82 Å². The molecule has 0 unspecified atom stereocenters. The summed E-state index contributed by atoms with van der Waals surface area (Å²) in [5, 5.41) is 9.04. The second kappa shape index (κ2) is 3.00. The molecule has 0 aromatic carbocycles. The van der Waals surface area contributed by atoms with Crippen molar-refractivity contribution in [2.45, 2.75) is 0 Å². The fourth-order valence-electron chi connectivity index (χ4n) is 0.509. The van der Waals surface area contributed by atoms with Gasteiger partial charge in [0.05, 0.1) is 6.33 Å². The van der Waals surface area contributed by atoms with Crippen LogP contribution in [0, 0.1) is 0 Å². The summed E-state index contributed by atoms with van der Waals surface area (Å²) in [6.45, 7) is 0. The maximum Gasteiger partial charge on any atom is 0.218 e. The molecule has 3 N–H and O–H groups in total. The van der Waals surface area contributed by atoms with Gasteiger partial charge < -0.3 is 10.7 Å². The van der Waals surface area contributed by atoms with E-state index in [-0.39, 0.29) is 0 Å². The van der Waals surface area contributed by atoms with Crippen molar-refractivity contribution < 1.29 is 0 Å².